The molecule has 1 N–H and O–H groups in total. The van der Waals surface area contributed by atoms with Gasteiger partial charge in [0.25, 0.3) is 0 Å². The zero-order chi connectivity index (χ0) is 17.2. The molecule has 0 aromatic heterocycles. The molecule has 3 rings (SSSR count). The van der Waals surface area contributed by atoms with Gasteiger partial charge in [0.15, 0.2) is 9.84 Å². The summed E-state index contributed by atoms with van der Waals surface area (Å²) in [4.78, 5) is 2.59. The topological polar surface area (TPSA) is 57.6 Å². The number of sulfone groups is 1. The Kier molecular flexibility index (Phi) is 5.04. The van der Waals surface area contributed by atoms with E-state index in [1.165, 1.54) is 11.8 Å². The lowest BCUT2D eigenvalue weighted by molar-refractivity contribution is 0.106. The maximum atomic E-state index is 11.5. The van der Waals surface area contributed by atoms with Gasteiger partial charge in [-0.2, -0.15) is 0 Å². The summed E-state index contributed by atoms with van der Waals surface area (Å²) >= 11 is 0. The van der Waals surface area contributed by atoms with Crippen LogP contribution in [-0.2, 0) is 9.84 Å². The van der Waals surface area contributed by atoms with E-state index in [1.54, 1.807) is 24.3 Å². The lowest BCUT2D eigenvalue weighted by Gasteiger charge is -2.27. The van der Waals surface area contributed by atoms with Crippen molar-refractivity contribution in [2.75, 3.05) is 19.3 Å². The Hall–Kier alpha value is -1.69. The van der Waals surface area contributed by atoms with E-state index in [4.69, 9.17) is 0 Å². The highest BCUT2D eigenvalue weighted by Crippen LogP contribution is 2.33. The van der Waals surface area contributed by atoms with Gasteiger partial charge >= 0.3 is 0 Å². The summed E-state index contributed by atoms with van der Waals surface area (Å²) < 4.78 is 23.0. The standard InChI is InChI=1S/C19H23NO3S/c1-24(22,23)17-11-9-16(10-12-17)19(21)14-20-13-5-8-18(20)15-6-3-2-4-7-15/h2-4,6-7,9-12,18-19,21H,5,8,13-14H2,1H3/t18-,19+/m0/s1. The highest BCUT2D eigenvalue weighted by molar-refractivity contribution is 7.90. The number of hydrogen-bond acceptors (Lipinski definition) is 4. The number of aliphatic hydroxyl groups is 1. The second kappa shape index (κ2) is 7.05. The number of likely N-dealkylation sites (tertiary alicyclic amines) is 1. The molecular weight excluding hydrogens is 322 g/mol. The van der Waals surface area contributed by atoms with Crippen molar-refractivity contribution < 1.29 is 13.5 Å². The first-order valence-electron chi connectivity index (χ1n) is 8.22. The van der Waals surface area contributed by atoms with E-state index >= 15 is 0 Å². The minimum absolute atomic E-state index is 0.279. The highest BCUT2D eigenvalue weighted by Gasteiger charge is 2.27. The molecule has 1 aliphatic rings. The molecule has 24 heavy (non-hydrogen) atoms. The van der Waals surface area contributed by atoms with Crippen molar-refractivity contribution in [1.82, 2.24) is 4.90 Å². The van der Waals surface area contributed by atoms with E-state index in [-0.39, 0.29) is 4.90 Å². The molecular formula is C19H23NO3S. The third-order valence-corrected chi connectivity index (χ3v) is 5.78. The number of β-amino-alcohol motifs (C(OH)–C–C–N with tert-alkyl or cyclic N) is 1. The second-order valence-electron chi connectivity index (χ2n) is 6.42. The van der Waals surface area contributed by atoms with Crippen molar-refractivity contribution in [1.29, 1.82) is 0 Å². The van der Waals surface area contributed by atoms with Crippen LogP contribution in [-0.4, -0.2) is 37.8 Å². The van der Waals surface area contributed by atoms with Gasteiger partial charge in [-0.3, -0.25) is 4.90 Å². The number of benzene rings is 2. The largest absolute Gasteiger partial charge is 0.387 e. The summed E-state index contributed by atoms with van der Waals surface area (Å²) in [5, 5.41) is 10.5. The van der Waals surface area contributed by atoms with Crippen molar-refractivity contribution in [3.05, 3.63) is 65.7 Å². The van der Waals surface area contributed by atoms with E-state index in [9.17, 15) is 13.5 Å². The maximum Gasteiger partial charge on any atom is 0.175 e. The van der Waals surface area contributed by atoms with Gasteiger partial charge in [-0.15, -0.1) is 0 Å². The molecule has 0 bridgehead atoms. The Bertz CT molecular complexity index is 772. The fourth-order valence-electron chi connectivity index (χ4n) is 3.36. The smallest absolute Gasteiger partial charge is 0.175 e. The summed E-state index contributed by atoms with van der Waals surface area (Å²) in [6.07, 6.45) is 2.79. The van der Waals surface area contributed by atoms with Gasteiger partial charge in [0.2, 0.25) is 0 Å². The Morgan fingerprint density at radius 2 is 1.79 bits per heavy atom. The first-order valence-corrected chi connectivity index (χ1v) is 10.1. The average molecular weight is 345 g/mol. The van der Waals surface area contributed by atoms with Gasteiger partial charge in [-0.25, -0.2) is 8.42 Å². The molecule has 128 valence electrons. The highest BCUT2D eigenvalue weighted by atomic mass is 32.2. The molecule has 1 saturated heterocycles. The van der Waals surface area contributed by atoms with Crippen molar-refractivity contribution in [2.45, 2.75) is 29.9 Å². The average Bonchev–Trinajstić information content (AvgIpc) is 3.03. The predicted octanol–water partition coefficient (Wildman–Crippen LogP) is 2.96. The summed E-state index contributed by atoms with van der Waals surface area (Å²) in [6, 6.07) is 17.3. The molecule has 2 aromatic rings. The van der Waals surface area contributed by atoms with Gasteiger partial charge in [0.1, 0.15) is 0 Å². The van der Waals surface area contributed by atoms with Crippen molar-refractivity contribution in [2.24, 2.45) is 0 Å². The molecule has 5 heteroatoms. The van der Waals surface area contributed by atoms with Crippen LogP contribution in [0.3, 0.4) is 0 Å². The minimum atomic E-state index is -3.20. The Labute approximate surface area is 143 Å². The van der Waals surface area contributed by atoms with E-state index in [2.05, 4.69) is 17.0 Å². The SMILES string of the molecule is CS(=O)(=O)c1ccc([C@H](O)CN2CCC[C@H]2c2ccccc2)cc1. The van der Waals surface area contributed by atoms with Crippen LogP contribution in [0.15, 0.2) is 59.5 Å². The first-order chi connectivity index (χ1) is 11.4. The van der Waals surface area contributed by atoms with Gasteiger partial charge < -0.3 is 5.11 Å². The summed E-state index contributed by atoms with van der Waals surface area (Å²) in [5.74, 6) is 0. The molecule has 0 amide bonds. The molecule has 0 saturated carbocycles. The predicted molar refractivity (Wildman–Crippen MR) is 94.5 cm³/mol. The molecule has 2 atom stereocenters. The Morgan fingerprint density at radius 3 is 2.42 bits per heavy atom. The van der Waals surface area contributed by atoms with Crippen LogP contribution in [0.25, 0.3) is 0 Å². The van der Waals surface area contributed by atoms with Crippen LogP contribution >= 0.6 is 0 Å². The normalized spacial score (nSPS) is 20.2. The third-order valence-electron chi connectivity index (χ3n) is 4.65. The Balaban J connectivity index is 1.71. The number of aliphatic hydroxyl groups excluding tert-OH is 1. The zero-order valence-electron chi connectivity index (χ0n) is 13.8. The second-order valence-corrected chi connectivity index (χ2v) is 8.44. The fourth-order valence-corrected chi connectivity index (χ4v) is 3.99. The van der Waals surface area contributed by atoms with Crippen LogP contribution in [0.5, 0.6) is 0 Å². The monoisotopic (exact) mass is 345 g/mol. The lowest BCUT2D eigenvalue weighted by atomic mass is 10.0. The Morgan fingerprint density at radius 1 is 1.12 bits per heavy atom. The van der Waals surface area contributed by atoms with Gasteiger partial charge in [0, 0.05) is 18.8 Å². The van der Waals surface area contributed by atoms with Gasteiger partial charge in [-0.05, 0) is 42.6 Å². The molecule has 0 spiro atoms. The molecule has 1 aliphatic heterocycles. The minimum Gasteiger partial charge on any atom is -0.387 e. The van der Waals surface area contributed by atoms with E-state index in [0.29, 0.717) is 12.6 Å². The third kappa shape index (κ3) is 3.86. The van der Waals surface area contributed by atoms with Crippen molar-refractivity contribution >= 4 is 9.84 Å². The van der Waals surface area contributed by atoms with Crippen molar-refractivity contribution in [3.63, 3.8) is 0 Å². The lowest BCUT2D eigenvalue weighted by Crippen LogP contribution is -2.28. The molecule has 0 radical (unpaired) electrons. The van der Waals surface area contributed by atoms with Gasteiger partial charge in [-0.1, -0.05) is 42.5 Å². The molecule has 0 unspecified atom stereocenters. The summed E-state index contributed by atoms with van der Waals surface area (Å²) in [6.45, 7) is 1.52. The number of nitrogens with zero attached hydrogens (tertiary/aromatic N) is 1. The van der Waals surface area contributed by atoms with E-state index in [0.717, 1.165) is 24.9 Å². The molecule has 1 heterocycles. The van der Waals surface area contributed by atoms with Crippen molar-refractivity contribution in [3.8, 4) is 0 Å². The fraction of sp³-hybridized carbons (Fsp3) is 0.368. The first kappa shape index (κ1) is 17.1. The summed E-state index contributed by atoms with van der Waals surface area (Å²) in [7, 11) is -3.20. The van der Waals surface area contributed by atoms with Crippen LogP contribution in [0.2, 0.25) is 0 Å². The molecule has 0 aliphatic carbocycles. The maximum absolute atomic E-state index is 11.5. The van der Waals surface area contributed by atoms with Crippen LogP contribution in [0, 0.1) is 0 Å². The quantitative estimate of drug-likeness (QED) is 0.905. The van der Waals surface area contributed by atoms with E-state index in [1.807, 2.05) is 18.2 Å². The van der Waals surface area contributed by atoms with Gasteiger partial charge in [0.05, 0.1) is 11.0 Å². The van der Waals surface area contributed by atoms with Crippen LogP contribution in [0.1, 0.15) is 36.1 Å². The summed E-state index contributed by atoms with van der Waals surface area (Å²) in [5.41, 5.74) is 2.04. The van der Waals surface area contributed by atoms with Crippen LogP contribution < -0.4 is 0 Å². The van der Waals surface area contributed by atoms with E-state index < -0.39 is 15.9 Å². The van der Waals surface area contributed by atoms with Crippen LogP contribution in [0.4, 0.5) is 0 Å². The molecule has 1 fully saturated rings. The zero-order valence-corrected chi connectivity index (χ0v) is 14.6. The molecule has 4 nitrogen and oxygen atoms in total. The number of hydrogen-bond donors (Lipinski definition) is 1. The molecule has 2 aromatic carbocycles. The number of rotatable bonds is 5.